The van der Waals surface area contributed by atoms with Crippen molar-refractivity contribution in [2.45, 2.75) is 27.2 Å². The smallest absolute Gasteiger partial charge is 0.165 e. The number of benzene rings is 1. The van der Waals surface area contributed by atoms with Gasteiger partial charge in [0.2, 0.25) is 0 Å². The van der Waals surface area contributed by atoms with Crippen molar-refractivity contribution in [1.29, 1.82) is 0 Å². The fourth-order valence-electron chi connectivity index (χ4n) is 1.87. The van der Waals surface area contributed by atoms with Crippen LogP contribution in [-0.4, -0.2) is 16.0 Å². The van der Waals surface area contributed by atoms with Gasteiger partial charge >= 0.3 is 0 Å². The van der Waals surface area contributed by atoms with Crippen LogP contribution >= 0.6 is 0 Å². The topological polar surface area (TPSA) is 45.8 Å². The molecule has 0 bridgehead atoms. The van der Waals surface area contributed by atoms with E-state index in [9.17, 15) is 4.79 Å². The molecule has 1 heterocycles. The van der Waals surface area contributed by atoms with Crippen molar-refractivity contribution in [1.82, 2.24) is 10.2 Å². The highest BCUT2D eigenvalue weighted by molar-refractivity contribution is 6.07. The minimum absolute atomic E-state index is 0.173. The first-order chi connectivity index (χ1) is 7.59. The number of carbonyl (C=O) groups excluding carboxylic acids is 1. The minimum atomic E-state index is 0.173. The van der Waals surface area contributed by atoms with Gasteiger partial charge in [0, 0.05) is 23.1 Å². The molecule has 0 fully saturated rings. The molecule has 2 aromatic rings. The predicted molar refractivity (Wildman–Crippen MR) is 64.6 cm³/mol. The molecule has 1 N–H and O–H groups in total. The number of hydrogen-bond acceptors (Lipinski definition) is 2. The van der Waals surface area contributed by atoms with Crippen molar-refractivity contribution in [2.75, 3.05) is 0 Å². The minimum Gasteiger partial charge on any atom is -0.294 e. The summed E-state index contributed by atoms with van der Waals surface area (Å²) in [6, 6.07) is 5.76. The van der Waals surface area contributed by atoms with Crippen molar-refractivity contribution >= 4 is 16.7 Å². The number of carbonyl (C=O) groups is 1. The Hall–Kier alpha value is -1.64. The van der Waals surface area contributed by atoms with E-state index in [-0.39, 0.29) is 5.78 Å². The summed E-state index contributed by atoms with van der Waals surface area (Å²) < 4.78 is 0. The fraction of sp³-hybridized carbons (Fsp3) is 0.385. The maximum atomic E-state index is 12.0. The molecular weight excluding hydrogens is 200 g/mol. The molecule has 84 valence electrons. The second-order valence-corrected chi connectivity index (χ2v) is 4.57. The molecular formula is C13H16N2O. The van der Waals surface area contributed by atoms with Crippen LogP contribution < -0.4 is 0 Å². The molecule has 0 aliphatic carbocycles. The zero-order valence-corrected chi connectivity index (χ0v) is 9.87. The van der Waals surface area contributed by atoms with Gasteiger partial charge in [0.25, 0.3) is 0 Å². The number of aryl methyl sites for hydroxylation is 1. The molecule has 1 aromatic heterocycles. The molecule has 0 unspecified atom stereocenters. The third kappa shape index (κ3) is 1.85. The van der Waals surface area contributed by atoms with Crippen molar-refractivity contribution in [3.63, 3.8) is 0 Å². The third-order valence-corrected chi connectivity index (χ3v) is 2.67. The van der Waals surface area contributed by atoms with Gasteiger partial charge in [0.1, 0.15) is 5.52 Å². The second-order valence-electron chi connectivity index (χ2n) is 4.57. The standard InChI is InChI=1S/C13H16N2O/c1-8(2)7-12(16)11-6-4-5-10-9(3)14-15-13(10)11/h4-6,8H,7H2,1-3H3,(H,14,15). The maximum Gasteiger partial charge on any atom is 0.165 e. The van der Waals surface area contributed by atoms with Gasteiger partial charge < -0.3 is 0 Å². The second kappa shape index (κ2) is 4.08. The Morgan fingerprint density at radius 1 is 1.44 bits per heavy atom. The average Bonchev–Trinajstić information content (AvgIpc) is 2.59. The van der Waals surface area contributed by atoms with Crippen LogP contribution in [0.1, 0.15) is 36.3 Å². The van der Waals surface area contributed by atoms with Gasteiger partial charge in [-0.25, -0.2) is 0 Å². The molecule has 3 heteroatoms. The molecule has 2 rings (SSSR count). The Bertz CT molecular complexity index is 526. The van der Waals surface area contributed by atoms with Crippen LogP contribution in [0.4, 0.5) is 0 Å². The van der Waals surface area contributed by atoms with E-state index in [1.165, 1.54) is 0 Å². The average molecular weight is 216 g/mol. The summed E-state index contributed by atoms with van der Waals surface area (Å²) in [5.41, 5.74) is 2.54. The Kier molecular flexibility index (Phi) is 2.77. The summed E-state index contributed by atoms with van der Waals surface area (Å²) in [6.07, 6.45) is 0.574. The van der Waals surface area contributed by atoms with Crippen LogP contribution in [0.15, 0.2) is 18.2 Å². The number of fused-ring (bicyclic) bond motifs is 1. The number of H-pyrrole nitrogens is 1. The van der Waals surface area contributed by atoms with E-state index < -0.39 is 0 Å². The van der Waals surface area contributed by atoms with E-state index in [2.05, 4.69) is 10.2 Å². The molecule has 16 heavy (non-hydrogen) atoms. The van der Waals surface area contributed by atoms with Crippen LogP contribution in [0.2, 0.25) is 0 Å². The lowest BCUT2D eigenvalue weighted by Crippen LogP contribution is -2.04. The first kappa shape index (κ1) is 10.9. The zero-order valence-electron chi connectivity index (χ0n) is 9.87. The molecule has 1 aromatic carbocycles. The van der Waals surface area contributed by atoms with Crippen LogP contribution in [0.5, 0.6) is 0 Å². The normalized spacial score (nSPS) is 11.2. The molecule has 3 nitrogen and oxygen atoms in total. The van der Waals surface area contributed by atoms with Gasteiger partial charge in [-0.05, 0) is 18.9 Å². The van der Waals surface area contributed by atoms with Crippen molar-refractivity contribution in [3.8, 4) is 0 Å². The highest BCUT2D eigenvalue weighted by Crippen LogP contribution is 2.21. The van der Waals surface area contributed by atoms with Crippen molar-refractivity contribution in [2.24, 2.45) is 5.92 Å². The molecule has 0 saturated carbocycles. The maximum absolute atomic E-state index is 12.0. The van der Waals surface area contributed by atoms with Gasteiger partial charge in [-0.1, -0.05) is 26.0 Å². The summed E-state index contributed by atoms with van der Waals surface area (Å²) >= 11 is 0. The number of Topliss-reactive ketones (excluding diaryl/α,β-unsaturated/α-hetero) is 1. The number of hydrogen-bond donors (Lipinski definition) is 1. The lowest BCUT2D eigenvalue weighted by molar-refractivity contribution is 0.0969. The summed E-state index contributed by atoms with van der Waals surface area (Å²) in [5, 5.41) is 8.16. The summed E-state index contributed by atoms with van der Waals surface area (Å²) in [6.45, 7) is 6.06. The summed E-state index contributed by atoms with van der Waals surface area (Å²) in [5.74, 6) is 0.551. The van der Waals surface area contributed by atoms with E-state index in [0.717, 1.165) is 22.2 Å². The predicted octanol–water partition coefficient (Wildman–Crippen LogP) is 3.10. The number of rotatable bonds is 3. The van der Waals surface area contributed by atoms with Crippen LogP contribution in [-0.2, 0) is 0 Å². The Labute approximate surface area is 94.9 Å². The number of nitrogens with zero attached hydrogens (tertiary/aromatic N) is 1. The number of para-hydroxylation sites is 1. The van der Waals surface area contributed by atoms with E-state index >= 15 is 0 Å². The number of nitrogens with one attached hydrogen (secondary N) is 1. The fourth-order valence-corrected chi connectivity index (χ4v) is 1.87. The van der Waals surface area contributed by atoms with Gasteiger partial charge in [-0.3, -0.25) is 9.89 Å². The van der Waals surface area contributed by atoms with Gasteiger partial charge in [-0.2, -0.15) is 5.10 Å². The Morgan fingerprint density at radius 3 is 2.88 bits per heavy atom. The lowest BCUT2D eigenvalue weighted by atomic mass is 9.99. The molecule has 0 amide bonds. The Balaban J connectivity index is 2.48. The third-order valence-electron chi connectivity index (χ3n) is 2.67. The number of aromatic nitrogens is 2. The van der Waals surface area contributed by atoms with E-state index in [1.807, 2.05) is 39.0 Å². The first-order valence-electron chi connectivity index (χ1n) is 5.56. The number of ketones is 1. The monoisotopic (exact) mass is 216 g/mol. The lowest BCUT2D eigenvalue weighted by Gasteiger charge is -2.04. The van der Waals surface area contributed by atoms with Crippen molar-refractivity contribution < 1.29 is 4.79 Å². The van der Waals surface area contributed by atoms with Gasteiger partial charge in [0.05, 0.1) is 0 Å². The van der Waals surface area contributed by atoms with Crippen molar-refractivity contribution in [3.05, 3.63) is 29.5 Å². The summed E-state index contributed by atoms with van der Waals surface area (Å²) in [7, 11) is 0. The molecule has 0 radical (unpaired) electrons. The largest absolute Gasteiger partial charge is 0.294 e. The quantitative estimate of drug-likeness (QED) is 0.801. The molecule has 0 aliphatic rings. The van der Waals surface area contributed by atoms with Crippen LogP contribution in [0.3, 0.4) is 0 Å². The highest BCUT2D eigenvalue weighted by atomic mass is 16.1. The van der Waals surface area contributed by atoms with Gasteiger partial charge in [0.15, 0.2) is 5.78 Å². The number of aromatic amines is 1. The van der Waals surface area contributed by atoms with Crippen LogP contribution in [0, 0.1) is 12.8 Å². The highest BCUT2D eigenvalue weighted by Gasteiger charge is 2.14. The molecule has 0 atom stereocenters. The molecule has 0 aliphatic heterocycles. The summed E-state index contributed by atoms with van der Waals surface area (Å²) in [4.78, 5) is 12.0. The first-order valence-corrected chi connectivity index (χ1v) is 5.56. The zero-order chi connectivity index (χ0) is 11.7. The van der Waals surface area contributed by atoms with E-state index in [0.29, 0.717) is 12.3 Å². The van der Waals surface area contributed by atoms with Gasteiger partial charge in [-0.15, -0.1) is 0 Å². The molecule has 0 saturated heterocycles. The SMILES string of the molecule is Cc1[nH]nc2c(C(=O)CC(C)C)cccc12. The molecule has 0 spiro atoms. The van der Waals surface area contributed by atoms with E-state index in [1.54, 1.807) is 0 Å². The Morgan fingerprint density at radius 2 is 2.19 bits per heavy atom. The van der Waals surface area contributed by atoms with E-state index in [4.69, 9.17) is 0 Å². The van der Waals surface area contributed by atoms with Crippen LogP contribution in [0.25, 0.3) is 10.9 Å².